The van der Waals surface area contributed by atoms with Crippen molar-refractivity contribution in [2.24, 2.45) is 0 Å². The topological polar surface area (TPSA) is 136 Å². The van der Waals surface area contributed by atoms with Gasteiger partial charge in [-0.3, -0.25) is 14.9 Å². The summed E-state index contributed by atoms with van der Waals surface area (Å²) >= 11 is 0. The SMILES string of the molecule is Cc1ccc(C(=O)OCC(=O)Nc2ccccc2S(=O)(=O)N(C)C2CCCCC2)cc1[N+](=O)[O-]. The van der Waals surface area contributed by atoms with Crippen molar-refractivity contribution in [2.45, 2.75) is 50.0 Å². The summed E-state index contributed by atoms with van der Waals surface area (Å²) in [5, 5.41) is 13.6. The number of nitrogens with one attached hydrogen (secondary N) is 1. The first-order chi connectivity index (χ1) is 16.1. The maximum atomic E-state index is 13.2. The van der Waals surface area contributed by atoms with Crippen molar-refractivity contribution in [2.75, 3.05) is 19.0 Å². The van der Waals surface area contributed by atoms with Gasteiger partial charge >= 0.3 is 5.97 Å². The number of nitrogens with zero attached hydrogens (tertiary/aromatic N) is 2. The van der Waals surface area contributed by atoms with E-state index in [1.54, 1.807) is 19.2 Å². The van der Waals surface area contributed by atoms with E-state index < -0.39 is 33.4 Å². The van der Waals surface area contributed by atoms with Crippen molar-refractivity contribution in [1.82, 2.24) is 4.31 Å². The number of sulfonamides is 1. The van der Waals surface area contributed by atoms with E-state index in [9.17, 15) is 28.1 Å². The average Bonchev–Trinajstić information content (AvgIpc) is 2.83. The Morgan fingerprint density at radius 3 is 2.50 bits per heavy atom. The second kappa shape index (κ2) is 10.7. The average molecular weight is 490 g/mol. The number of amides is 1. The zero-order valence-corrected chi connectivity index (χ0v) is 19.8. The number of ether oxygens (including phenoxy) is 1. The number of esters is 1. The fraction of sp³-hybridized carbons (Fsp3) is 0.391. The number of anilines is 1. The van der Waals surface area contributed by atoms with Crippen LogP contribution in [0.4, 0.5) is 11.4 Å². The molecule has 0 aromatic heterocycles. The third-order valence-corrected chi connectivity index (χ3v) is 7.85. The molecular weight excluding hydrogens is 462 g/mol. The predicted octanol–water partition coefficient (Wildman–Crippen LogP) is 3.65. The Labute approximate surface area is 198 Å². The van der Waals surface area contributed by atoms with Crippen LogP contribution in [-0.2, 0) is 19.6 Å². The number of rotatable bonds is 8. The van der Waals surface area contributed by atoms with Crippen LogP contribution in [0.1, 0.15) is 48.0 Å². The fourth-order valence-corrected chi connectivity index (χ4v) is 5.49. The first-order valence-electron chi connectivity index (χ1n) is 10.9. The molecule has 11 heteroatoms. The first kappa shape index (κ1) is 25.3. The molecule has 0 atom stereocenters. The van der Waals surface area contributed by atoms with Gasteiger partial charge in [0.25, 0.3) is 11.6 Å². The second-order valence-corrected chi connectivity index (χ2v) is 10.2. The number of nitro benzene ring substituents is 1. The quantitative estimate of drug-likeness (QED) is 0.339. The molecule has 0 aliphatic heterocycles. The minimum absolute atomic E-state index is 0.0445. The summed E-state index contributed by atoms with van der Waals surface area (Å²) in [5.41, 5.74) is 0.162. The lowest BCUT2D eigenvalue weighted by molar-refractivity contribution is -0.385. The van der Waals surface area contributed by atoms with Crippen molar-refractivity contribution in [3.05, 3.63) is 63.7 Å². The second-order valence-electron chi connectivity index (χ2n) is 8.19. The molecule has 10 nitrogen and oxygen atoms in total. The van der Waals surface area contributed by atoms with Gasteiger partial charge in [0.05, 0.1) is 16.2 Å². The van der Waals surface area contributed by atoms with Gasteiger partial charge in [-0.25, -0.2) is 13.2 Å². The third kappa shape index (κ3) is 5.78. The maximum absolute atomic E-state index is 13.2. The van der Waals surface area contributed by atoms with Crippen molar-refractivity contribution < 1.29 is 27.7 Å². The number of hydrogen-bond donors (Lipinski definition) is 1. The molecule has 0 radical (unpaired) electrons. The number of para-hydroxylation sites is 1. The zero-order valence-electron chi connectivity index (χ0n) is 19.0. The molecule has 0 heterocycles. The van der Waals surface area contributed by atoms with Crippen LogP contribution >= 0.6 is 0 Å². The molecule has 0 saturated heterocycles. The standard InChI is InChI=1S/C23H27N3O7S/c1-16-12-13-17(14-20(16)26(29)30)23(28)33-15-22(27)24-19-10-6-7-11-21(19)34(31,32)25(2)18-8-4-3-5-9-18/h6-7,10-14,18H,3-5,8-9,15H2,1-2H3,(H,24,27). The third-order valence-electron chi connectivity index (χ3n) is 5.88. The highest BCUT2D eigenvalue weighted by molar-refractivity contribution is 7.89. The summed E-state index contributed by atoms with van der Waals surface area (Å²) < 4.78 is 32.8. The van der Waals surface area contributed by atoms with Crippen LogP contribution in [0.2, 0.25) is 0 Å². The van der Waals surface area contributed by atoms with E-state index in [1.165, 1.54) is 35.5 Å². The number of benzene rings is 2. The summed E-state index contributed by atoms with van der Waals surface area (Å²) in [6.07, 6.45) is 4.61. The molecule has 2 aromatic carbocycles. The van der Waals surface area contributed by atoms with Gasteiger partial charge in [-0.2, -0.15) is 4.31 Å². The fourth-order valence-electron chi connectivity index (χ4n) is 3.92. The van der Waals surface area contributed by atoms with Crippen molar-refractivity contribution in [1.29, 1.82) is 0 Å². The summed E-state index contributed by atoms with van der Waals surface area (Å²) in [7, 11) is -2.31. The van der Waals surface area contributed by atoms with E-state index in [0.29, 0.717) is 5.56 Å². The van der Waals surface area contributed by atoms with Crippen LogP contribution in [-0.4, -0.2) is 49.2 Å². The number of nitro groups is 1. The number of hydrogen-bond acceptors (Lipinski definition) is 7. The Morgan fingerprint density at radius 2 is 1.82 bits per heavy atom. The van der Waals surface area contributed by atoms with Crippen LogP contribution < -0.4 is 5.32 Å². The van der Waals surface area contributed by atoms with Gasteiger partial charge in [-0.05, 0) is 38.0 Å². The van der Waals surface area contributed by atoms with Crippen molar-refractivity contribution >= 4 is 33.3 Å². The van der Waals surface area contributed by atoms with E-state index in [0.717, 1.165) is 38.2 Å². The van der Waals surface area contributed by atoms with Gasteiger partial charge in [0, 0.05) is 24.7 Å². The molecular formula is C23H27N3O7S. The van der Waals surface area contributed by atoms with Crippen molar-refractivity contribution in [3.8, 4) is 0 Å². The molecule has 182 valence electrons. The molecule has 2 aromatic rings. The predicted molar refractivity (Wildman–Crippen MR) is 125 cm³/mol. The molecule has 1 amide bonds. The Balaban J connectivity index is 1.68. The Morgan fingerprint density at radius 1 is 1.15 bits per heavy atom. The van der Waals surface area contributed by atoms with Crippen LogP contribution in [0.3, 0.4) is 0 Å². The van der Waals surface area contributed by atoms with Gasteiger partial charge in [-0.1, -0.05) is 37.5 Å². The molecule has 1 fully saturated rings. The molecule has 1 aliphatic rings. The summed E-state index contributed by atoms with van der Waals surface area (Å²) in [6.45, 7) is 0.852. The molecule has 3 rings (SSSR count). The van der Waals surface area contributed by atoms with Gasteiger partial charge < -0.3 is 10.1 Å². The summed E-state index contributed by atoms with van der Waals surface area (Å²) in [4.78, 5) is 35.1. The van der Waals surface area contributed by atoms with E-state index in [4.69, 9.17) is 4.74 Å². The highest BCUT2D eigenvalue weighted by atomic mass is 32.2. The van der Waals surface area contributed by atoms with E-state index >= 15 is 0 Å². The lowest BCUT2D eigenvalue weighted by Crippen LogP contribution is -2.38. The minimum atomic E-state index is -3.86. The summed E-state index contributed by atoms with van der Waals surface area (Å²) in [5.74, 6) is -1.64. The van der Waals surface area contributed by atoms with Crippen LogP contribution in [0.25, 0.3) is 0 Å². The maximum Gasteiger partial charge on any atom is 0.338 e. The Kier molecular flexibility index (Phi) is 8.00. The van der Waals surface area contributed by atoms with Crippen LogP contribution in [0, 0.1) is 17.0 Å². The molecule has 0 spiro atoms. The smallest absolute Gasteiger partial charge is 0.338 e. The number of carbonyl (C=O) groups excluding carboxylic acids is 2. The Hall–Kier alpha value is -3.31. The van der Waals surface area contributed by atoms with Gasteiger partial charge in [-0.15, -0.1) is 0 Å². The van der Waals surface area contributed by atoms with Crippen LogP contribution in [0.15, 0.2) is 47.4 Å². The Bertz CT molecular complexity index is 1190. The van der Waals surface area contributed by atoms with E-state index in [2.05, 4.69) is 5.32 Å². The van der Waals surface area contributed by atoms with E-state index in [-0.39, 0.29) is 27.9 Å². The van der Waals surface area contributed by atoms with Crippen molar-refractivity contribution in [3.63, 3.8) is 0 Å². The highest BCUT2D eigenvalue weighted by Crippen LogP contribution is 2.29. The molecule has 34 heavy (non-hydrogen) atoms. The molecule has 0 bridgehead atoms. The highest BCUT2D eigenvalue weighted by Gasteiger charge is 2.31. The number of aryl methyl sites for hydroxylation is 1. The van der Waals surface area contributed by atoms with Gasteiger partial charge in [0.2, 0.25) is 10.0 Å². The van der Waals surface area contributed by atoms with E-state index in [1.807, 2.05) is 0 Å². The molecule has 1 N–H and O–H groups in total. The lowest BCUT2D eigenvalue weighted by Gasteiger charge is -2.30. The minimum Gasteiger partial charge on any atom is -0.452 e. The first-order valence-corrected chi connectivity index (χ1v) is 12.3. The summed E-state index contributed by atoms with van der Waals surface area (Å²) in [6, 6.07) is 9.81. The van der Waals surface area contributed by atoms with Gasteiger partial charge in [0.1, 0.15) is 4.90 Å². The molecule has 0 unspecified atom stereocenters. The van der Waals surface area contributed by atoms with Crippen LogP contribution in [0.5, 0.6) is 0 Å². The molecule has 1 aliphatic carbocycles. The molecule has 1 saturated carbocycles. The van der Waals surface area contributed by atoms with Gasteiger partial charge in [0.15, 0.2) is 6.61 Å². The number of carbonyl (C=O) groups is 2. The normalized spacial score (nSPS) is 14.6. The monoisotopic (exact) mass is 489 g/mol. The largest absolute Gasteiger partial charge is 0.452 e. The lowest BCUT2D eigenvalue weighted by atomic mass is 9.96. The zero-order chi connectivity index (χ0) is 24.9.